The van der Waals surface area contributed by atoms with Crippen molar-refractivity contribution in [2.24, 2.45) is 0 Å². The molecule has 0 bridgehead atoms. The molecule has 0 aliphatic carbocycles. The molecule has 0 spiro atoms. The molecule has 0 radical (unpaired) electrons. The van der Waals surface area contributed by atoms with Gasteiger partial charge >= 0.3 is 5.97 Å². The quantitative estimate of drug-likeness (QED) is 0.764. The Balaban J connectivity index is 2.55. The monoisotopic (exact) mass is 288 g/mol. The summed E-state index contributed by atoms with van der Waals surface area (Å²) in [6.45, 7) is 6.26. The second-order valence-corrected chi connectivity index (χ2v) is 4.66. The highest BCUT2D eigenvalue weighted by atomic mass is 16.5. The minimum absolute atomic E-state index is 0.191. The average Bonchev–Trinajstić information content (AvgIpc) is 2.94. The van der Waals surface area contributed by atoms with Gasteiger partial charge in [-0.2, -0.15) is 0 Å². The van der Waals surface area contributed by atoms with E-state index in [-0.39, 0.29) is 11.7 Å². The molecule has 6 nitrogen and oxygen atoms in total. The maximum atomic E-state index is 12.1. The molecule has 112 valence electrons. The molecule has 0 saturated carbocycles. The lowest BCUT2D eigenvalue weighted by Crippen LogP contribution is -2.12. The molecule has 0 unspecified atom stereocenters. The molecular formula is C15H20N4O2. The molecule has 6 heteroatoms. The van der Waals surface area contributed by atoms with E-state index in [1.807, 2.05) is 16.8 Å². The first-order valence-electron chi connectivity index (χ1n) is 7.25. The first-order chi connectivity index (χ1) is 10.2. The highest BCUT2D eigenvalue weighted by molar-refractivity contribution is 5.94. The molecule has 0 atom stereocenters. The molecule has 0 aromatic carbocycles. The second-order valence-electron chi connectivity index (χ2n) is 4.66. The van der Waals surface area contributed by atoms with Crippen LogP contribution in [0.4, 0.5) is 0 Å². The van der Waals surface area contributed by atoms with Gasteiger partial charge in [-0.05, 0) is 31.9 Å². The normalized spacial score (nSPS) is 10.9. The Kier molecular flexibility index (Phi) is 5.03. The summed E-state index contributed by atoms with van der Waals surface area (Å²) in [6, 6.07) is 3.91. The van der Waals surface area contributed by atoms with Crippen LogP contribution in [0.3, 0.4) is 0 Å². The van der Waals surface area contributed by atoms with E-state index in [9.17, 15) is 4.79 Å². The zero-order chi connectivity index (χ0) is 15.2. The Hall–Kier alpha value is -2.24. The number of esters is 1. The van der Waals surface area contributed by atoms with E-state index < -0.39 is 5.97 Å². The number of aromatic nitrogens is 4. The summed E-state index contributed by atoms with van der Waals surface area (Å²) in [6.07, 6.45) is 5.23. The van der Waals surface area contributed by atoms with Crippen LogP contribution in [0, 0.1) is 0 Å². The van der Waals surface area contributed by atoms with Gasteiger partial charge in [-0.25, -0.2) is 9.48 Å². The van der Waals surface area contributed by atoms with Gasteiger partial charge in [0, 0.05) is 18.0 Å². The van der Waals surface area contributed by atoms with Crippen molar-refractivity contribution in [3.63, 3.8) is 0 Å². The summed E-state index contributed by atoms with van der Waals surface area (Å²) >= 11 is 0. The van der Waals surface area contributed by atoms with E-state index in [4.69, 9.17) is 4.74 Å². The zero-order valence-electron chi connectivity index (χ0n) is 12.6. The molecule has 0 fully saturated rings. The van der Waals surface area contributed by atoms with Crippen LogP contribution in [0.5, 0.6) is 0 Å². The van der Waals surface area contributed by atoms with Crippen molar-refractivity contribution >= 4 is 5.97 Å². The van der Waals surface area contributed by atoms with Crippen LogP contribution >= 0.6 is 0 Å². The van der Waals surface area contributed by atoms with Gasteiger partial charge < -0.3 is 4.74 Å². The van der Waals surface area contributed by atoms with Gasteiger partial charge in [0.1, 0.15) is 5.69 Å². The van der Waals surface area contributed by atoms with E-state index >= 15 is 0 Å². The first-order valence-corrected chi connectivity index (χ1v) is 7.25. The molecule has 0 amide bonds. The van der Waals surface area contributed by atoms with Gasteiger partial charge in [0.05, 0.1) is 12.6 Å². The lowest BCUT2D eigenvalue weighted by molar-refractivity contribution is 0.0520. The first kappa shape index (κ1) is 15.2. The number of nitrogens with zero attached hydrogens (tertiary/aromatic N) is 4. The predicted molar refractivity (Wildman–Crippen MR) is 78.8 cm³/mol. The van der Waals surface area contributed by atoms with Gasteiger partial charge in [-0.15, -0.1) is 5.10 Å². The van der Waals surface area contributed by atoms with Gasteiger partial charge in [-0.3, -0.25) is 4.98 Å². The van der Waals surface area contributed by atoms with Gasteiger partial charge in [0.25, 0.3) is 0 Å². The fourth-order valence-electron chi connectivity index (χ4n) is 2.29. The van der Waals surface area contributed by atoms with Crippen molar-refractivity contribution in [2.45, 2.75) is 39.7 Å². The van der Waals surface area contributed by atoms with Crippen LogP contribution in [0.25, 0.3) is 11.3 Å². The summed E-state index contributed by atoms with van der Waals surface area (Å²) in [4.78, 5) is 16.2. The zero-order valence-corrected chi connectivity index (χ0v) is 12.6. The van der Waals surface area contributed by atoms with E-state index in [0.717, 1.165) is 18.4 Å². The molecule has 0 N–H and O–H groups in total. The molecule has 2 heterocycles. The van der Waals surface area contributed by atoms with Crippen molar-refractivity contribution < 1.29 is 9.53 Å². The maximum absolute atomic E-state index is 12.1. The number of carbonyl (C=O) groups is 1. The number of carbonyl (C=O) groups excluding carboxylic acids is 1. The third kappa shape index (κ3) is 3.09. The van der Waals surface area contributed by atoms with Crippen LogP contribution in [0.2, 0.25) is 0 Å². The molecule has 21 heavy (non-hydrogen) atoms. The standard InChI is InChI=1S/C15H20N4O2/c1-4-12(5-2)19-14(11-8-7-9-16-10-11)13(17-18-19)15(20)21-6-3/h7-10,12H,4-6H2,1-3H3. The Morgan fingerprint density at radius 1 is 1.33 bits per heavy atom. The van der Waals surface area contributed by atoms with E-state index in [1.54, 1.807) is 19.3 Å². The highest BCUT2D eigenvalue weighted by Crippen LogP contribution is 2.27. The van der Waals surface area contributed by atoms with Crippen LogP contribution in [0.15, 0.2) is 24.5 Å². The number of pyridine rings is 1. The topological polar surface area (TPSA) is 69.9 Å². The number of hydrogen-bond acceptors (Lipinski definition) is 5. The molecule has 2 aromatic rings. The summed E-state index contributed by atoms with van der Waals surface area (Å²) in [5.74, 6) is -0.450. The summed E-state index contributed by atoms with van der Waals surface area (Å²) in [7, 11) is 0. The van der Waals surface area contributed by atoms with E-state index in [2.05, 4.69) is 29.1 Å². The molecule has 0 saturated heterocycles. The summed E-state index contributed by atoms with van der Waals surface area (Å²) in [5.41, 5.74) is 1.74. The minimum Gasteiger partial charge on any atom is -0.461 e. The van der Waals surface area contributed by atoms with Crippen molar-refractivity contribution in [1.29, 1.82) is 0 Å². The van der Waals surface area contributed by atoms with Crippen molar-refractivity contribution in [1.82, 2.24) is 20.0 Å². The van der Waals surface area contributed by atoms with Crippen LogP contribution in [-0.2, 0) is 4.74 Å². The average molecular weight is 288 g/mol. The predicted octanol–water partition coefficient (Wildman–Crippen LogP) is 2.88. The van der Waals surface area contributed by atoms with Crippen LogP contribution < -0.4 is 0 Å². The molecule has 0 aliphatic rings. The third-order valence-corrected chi connectivity index (χ3v) is 3.39. The Morgan fingerprint density at radius 2 is 2.10 bits per heavy atom. The van der Waals surface area contributed by atoms with Crippen molar-refractivity contribution in [2.75, 3.05) is 6.61 Å². The Labute approximate surface area is 124 Å². The molecule has 2 aromatic heterocycles. The number of hydrogen-bond donors (Lipinski definition) is 0. The lowest BCUT2D eigenvalue weighted by atomic mass is 10.1. The Bertz CT molecular complexity index is 591. The maximum Gasteiger partial charge on any atom is 0.361 e. The fourth-order valence-corrected chi connectivity index (χ4v) is 2.29. The van der Waals surface area contributed by atoms with Gasteiger partial charge in [-0.1, -0.05) is 19.1 Å². The summed E-state index contributed by atoms with van der Waals surface area (Å²) < 4.78 is 6.88. The molecular weight excluding hydrogens is 268 g/mol. The van der Waals surface area contributed by atoms with Crippen LogP contribution in [-0.4, -0.2) is 32.6 Å². The highest BCUT2D eigenvalue weighted by Gasteiger charge is 2.25. The van der Waals surface area contributed by atoms with Gasteiger partial charge in [0.2, 0.25) is 0 Å². The largest absolute Gasteiger partial charge is 0.461 e. The molecule has 0 aliphatic heterocycles. The molecule has 2 rings (SSSR count). The van der Waals surface area contributed by atoms with Crippen LogP contribution in [0.1, 0.15) is 50.1 Å². The summed E-state index contributed by atoms with van der Waals surface area (Å²) in [5, 5.41) is 8.21. The smallest absolute Gasteiger partial charge is 0.361 e. The number of rotatable bonds is 6. The van der Waals surface area contributed by atoms with E-state index in [1.165, 1.54) is 0 Å². The van der Waals surface area contributed by atoms with Crippen molar-refractivity contribution in [3.05, 3.63) is 30.2 Å². The Morgan fingerprint density at radius 3 is 2.67 bits per heavy atom. The third-order valence-electron chi connectivity index (χ3n) is 3.39. The number of ether oxygens (including phenoxy) is 1. The fraction of sp³-hybridized carbons (Fsp3) is 0.467. The lowest BCUT2D eigenvalue weighted by Gasteiger charge is -2.16. The van der Waals surface area contributed by atoms with Crippen molar-refractivity contribution in [3.8, 4) is 11.3 Å². The second kappa shape index (κ2) is 6.97. The van der Waals surface area contributed by atoms with Gasteiger partial charge in [0.15, 0.2) is 5.69 Å². The minimum atomic E-state index is -0.450. The SMILES string of the molecule is CCOC(=O)c1nnn(C(CC)CC)c1-c1cccnc1. The van der Waals surface area contributed by atoms with E-state index in [0.29, 0.717) is 12.3 Å².